The van der Waals surface area contributed by atoms with Crippen LogP contribution < -0.4 is 0 Å². The Morgan fingerprint density at radius 3 is 2.06 bits per heavy atom. The summed E-state index contributed by atoms with van der Waals surface area (Å²) < 4.78 is 13.3. The Morgan fingerprint density at radius 2 is 1.45 bits per heavy atom. The summed E-state index contributed by atoms with van der Waals surface area (Å²) >= 11 is 0. The molecule has 1 saturated carbocycles. The molecule has 1 aliphatic carbocycles. The van der Waals surface area contributed by atoms with Crippen molar-refractivity contribution in [1.82, 2.24) is 0 Å². The van der Waals surface area contributed by atoms with Gasteiger partial charge in [-0.2, -0.15) is 0 Å². The number of carbonyl (C=O) groups is 2. The van der Waals surface area contributed by atoms with E-state index in [4.69, 9.17) is 14.3 Å². The van der Waals surface area contributed by atoms with Crippen molar-refractivity contribution in [3.63, 3.8) is 0 Å². The zero-order valence-electron chi connectivity index (χ0n) is 30.2. The largest absolute Gasteiger partial charge is 0.481 e. The molecule has 2 aromatic carbocycles. The second kappa shape index (κ2) is 17.8. The number of rotatable bonds is 19. The molecule has 6 nitrogen and oxygen atoms in total. The van der Waals surface area contributed by atoms with Crippen molar-refractivity contribution in [2.24, 2.45) is 11.8 Å². The third kappa shape index (κ3) is 11.9. The van der Waals surface area contributed by atoms with Crippen LogP contribution in [0.2, 0.25) is 18.1 Å². The highest BCUT2D eigenvalue weighted by atomic mass is 28.4. The van der Waals surface area contributed by atoms with E-state index in [1.807, 2.05) is 54.6 Å². The molecule has 5 atom stereocenters. The quantitative estimate of drug-likeness (QED) is 0.0880. The van der Waals surface area contributed by atoms with Gasteiger partial charge in [-0.15, -0.1) is 0 Å². The van der Waals surface area contributed by atoms with Crippen molar-refractivity contribution in [2.45, 2.75) is 154 Å². The Morgan fingerprint density at radius 1 is 0.809 bits per heavy atom. The van der Waals surface area contributed by atoms with Crippen molar-refractivity contribution in [3.05, 3.63) is 60.2 Å². The lowest BCUT2D eigenvalue weighted by Gasteiger charge is -2.45. The van der Waals surface area contributed by atoms with E-state index in [9.17, 15) is 14.7 Å². The van der Waals surface area contributed by atoms with Gasteiger partial charge in [0.15, 0.2) is 8.32 Å². The van der Waals surface area contributed by atoms with E-state index in [1.165, 1.54) is 6.42 Å². The molecule has 0 heterocycles. The minimum Gasteiger partial charge on any atom is -0.481 e. The van der Waals surface area contributed by atoms with Crippen molar-refractivity contribution >= 4 is 20.3 Å². The molecule has 2 N–H and O–H groups in total. The molecule has 0 aromatic heterocycles. The predicted octanol–water partition coefficient (Wildman–Crippen LogP) is 10.4. The number of hydrogen-bond acceptors (Lipinski definition) is 5. The van der Waals surface area contributed by atoms with Gasteiger partial charge in [-0.3, -0.25) is 4.79 Å². The third-order valence-electron chi connectivity index (χ3n) is 10.8. The highest BCUT2D eigenvalue weighted by Gasteiger charge is 2.47. The summed E-state index contributed by atoms with van der Waals surface area (Å²) in [7, 11) is -2.03. The van der Waals surface area contributed by atoms with Crippen LogP contribution in [0.1, 0.15) is 128 Å². The summed E-state index contributed by atoms with van der Waals surface area (Å²) in [5.74, 6) is -1.04. The number of ether oxygens (including phenoxy) is 1. The Hall–Kier alpha value is -2.48. The smallest absolute Gasteiger partial charge is 0.338 e. The van der Waals surface area contributed by atoms with Gasteiger partial charge in [-0.25, -0.2) is 4.79 Å². The Labute approximate surface area is 285 Å². The molecule has 0 saturated heterocycles. The van der Waals surface area contributed by atoms with E-state index >= 15 is 0 Å². The van der Waals surface area contributed by atoms with Crippen LogP contribution in [0.25, 0.3) is 11.1 Å². The summed E-state index contributed by atoms with van der Waals surface area (Å²) in [6.45, 7) is 16.0. The maximum absolute atomic E-state index is 13.4. The molecule has 0 aliphatic heterocycles. The average molecular weight is 667 g/mol. The summed E-state index contributed by atoms with van der Waals surface area (Å²) in [5, 5.41) is 20.6. The normalized spacial score (nSPS) is 21.4. The minimum atomic E-state index is -2.03. The van der Waals surface area contributed by atoms with Crippen molar-refractivity contribution in [2.75, 3.05) is 0 Å². The molecule has 0 amide bonds. The standard InChI is InChI=1S/C40H62O6Si/c1-8-9-17-27-40(5,46-47(6,7)39(2,3)4)28-26-33-34(20-15-10-11-16-21-37(42)43)36(29-35(33)41)45-38(44)32-24-22-31(23-25-32)30-18-13-12-14-19-30/h12-14,18-19,22-25,33-36,41H,8-11,15-17,20-21,26-29H2,1-7H3,(H,42,43)/t33-,34-,35?,36+,40+/m1/s1. The zero-order valence-corrected chi connectivity index (χ0v) is 31.2. The van der Waals surface area contributed by atoms with Crippen molar-refractivity contribution < 1.29 is 29.0 Å². The zero-order chi connectivity index (χ0) is 34.7. The highest BCUT2D eigenvalue weighted by molar-refractivity contribution is 6.74. The van der Waals surface area contributed by atoms with Gasteiger partial charge >= 0.3 is 11.9 Å². The Bertz CT molecular complexity index is 1240. The predicted molar refractivity (Wildman–Crippen MR) is 194 cm³/mol. The van der Waals surface area contributed by atoms with Gasteiger partial charge < -0.3 is 19.4 Å². The van der Waals surface area contributed by atoms with Gasteiger partial charge in [0.05, 0.1) is 17.3 Å². The van der Waals surface area contributed by atoms with Gasteiger partial charge in [0.2, 0.25) is 0 Å². The minimum absolute atomic E-state index is 0.0146. The number of esters is 1. The van der Waals surface area contributed by atoms with E-state index in [-0.39, 0.29) is 41.0 Å². The van der Waals surface area contributed by atoms with E-state index < -0.39 is 20.4 Å². The first-order valence-corrected chi connectivity index (χ1v) is 21.0. The first-order chi connectivity index (χ1) is 22.2. The van der Waals surface area contributed by atoms with Gasteiger partial charge in [-0.05, 0) is 86.3 Å². The van der Waals surface area contributed by atoms with Gasteiger partial charge in [0, 0.05) is 18.8 Å². The molecule has 0 radical (unpaired) electrons. The molecule has 1 unspecified atom stereocenters. The number of aliphatic hydroxyl groups is 1. The Balaban J connectivity index is 1.75. The molecule has 47 heavy (non-hydrogen) atoms. The second-order valence-corrected chi connectivity index (χ2v) is 20.4. The number of aliphatic hydroxyl groups excluding tert-OH is 1. The van der Waals surface area contributed by atoms with Crippen molar-refractivity contribution in [1.29, 1.82) is 0 Å². The number of carbonyl (C=O) groups excluding carboxylic acids is 1. The number of aliphatic carboxylic acids is 1. The average Bonchev–Trinajstić information content (AvgIpc) is 3.30. The van der Waals surface area contributed by atoms with Crippen LogP contribution in [0.5, 0.6) is 0 Å². The van der Waals surface area contributed by atoms with Gasteiger partial charge in [-0.1, -0.05) is 109 Å². The first kappa shape index (κ1) is 39.0. The van der Waals surface area contributed by atoms with Gasteiger partial charge in [0.1, 0.15) is 6.10 Å². The van der Waals surface area contributed by atoms with Crippen LogP contribution in [0.3, 0.4) is 0 Å². The summed E-state index contributed by atoms with van der Waals surface area (Å²) in [4.78, 5) is 24.4. The number of hydrogen-bond donors (Lipinski definition) is 2. The summed E-state index contributed by atoms with van der Waals surface area (Å²) in [6, 6.07) is 17.6. The molecule has 0 spiro atoms. The lowest BCUT2D eigenvalue weighted by atomic mass is 9.81. The number of carboxylic acids is 1. The molecule has 3 rings (SSSR count). The van der Waals surface area contributed by atoms with Crippen LogP contribution in [-0.2, 0) is 14.0 Å². The molecule has 1 aliphatic rings. The first-order valence-electron chi connectivity index (χ1n) is 18.1. The topological polar surface area (TPSA) is 93.1 Å². The van der Waals surface area contributed by atoms with Crippen LogP contribution in [0, 0.1) is 11.8 Å². The lowest BCUT2D eigenvalue weighted by molar-refractivity contribution is -0.137. The van der Waals surface area contributed by atoms with E-state index in [0.29, 0.717) is 18.4 Å². The maximum Gasteiger partial charge on any atom is 0.338 e. The van der Waals surface area contributed by atoms with Crippen LogP contribution in [0.15, 0.2) is 54.6 Å². The number of benzene rings is 2. The molecule has 7 heteroatoms. The molecule has 262 valence electrons. The fraction of sp³-hybridized carbons (Fsp3) is 0.650. The van der Waals surface area contributed by atoms with E-state index in [2.05, 4.69) is 47.7 Å². The third-order valence-corrected chi connectivity index (χ3v) is 15.4. The number of unbranched alkanes of at least 4 members (excludes halogenated alkanes) is 5. The number of carboxylic acid groups (broad SMARTS) is 1. The van der Waals surface area contributed by atoms with E-state index in [0.717, 1.165) is 68.9 Å². The van der Waals surface area contributed by atoms with Crippen LogP contribution >= 0.6 is 0 Å². The molecule has 0 bridgehead atoms. The maximum atomic E-state index is 13.4. The SMILES string of the molecule is CCCCC[C@@](C)(CC[C@H]1C(O)C[C@H](OC(=O)c2ccc(-c3ccccc3)cc2)[C@@H]1CCCCCCC(=O)O)O[Si](C)(C)C(C)(C)C. The highest BCUT2D eigenvalue weighted by Crippen LogP contribution is 2.45. The molecule has 1 fully saturated rings. The Kier molecular flexibility index (Phi) is 14.7. The van der Waals surface area contributed by atoms with E-state index in [1.54, 1.807) is 0 Å². The summed E-state index contributed by atoms with van der Waals surface area (Å²) in [6.07, 6.45) is 10.1. The van der Waals surface area contributed by atoms with Crippen LogP contribution in [-0.4, -0.2) is 48.3 Å². The summed E-state index contributed by atoms with van der Waals surface area (Å²) in [5.41, 5.74) is 2.38. The monoisotopic (exact) mass is 666 g/mol. The molecular formula is C40H62O6Si. The second-order valence-electron chi connectivity index (χ2n) is 15.7. The van der Waals surface area contributed by atoms with Crippen LogP contribution in [0.4, 0.5) is 0 Å². The lowest BCUT2D eigenvalue weighted by Crippen LogP contribution is -2.49. The fourth-order valence-electron chi connectivity index (χ4n) is 6.95. The van der Waals surface area contributed by atoms with Crippen molar-refractivity contribution in [3.8, 4) is 11.1 Å². The molecule has 2 aromatic rings. The fourth-order valence-corrected chi connectivity index (χ4v) is 8.69. The van der Waals surface area contributed by atoms with Gasteiger partial charge in [0.25, 0.3) is 0 Å². The molecular weight excluding hydrogens is 605 g/mol.